The fraction of sp³-hybridized carbons (Fsp3) is 1.00. The van der Waals surface area contributed by atoms with Gasteiger partial charge in [0.15, 0.2) is 0 Å². The number of unbranched alkanes of at least 4 members (excludes halogenated alkanes) is 3. The number of hydrogen-bond acceptors (Lipinski definition) is 0. The zero-order valence-corrected chi connectivity index (χ0v) is 9.53. The van der Waals surface area contributed by atoms with Crippen LogP contribution in [-0.4, -0.2) is 5.38 Å². The van der Waals surface area contributed by atoms with Crippen molar-refractivity contribution in [3.05, 3.63) is 0 Å². The molecule has 0 N–H and O–H groups in total. The molecule has 0 aromatic carbocycles. The number of halogens is 1. The Morgan fingerprint density at radius 2 is 1.75 bits per heavy atom. The third kappa shape index (κ3) is 5.88. The molecule has 1 heteroatoms. The van der Waals surface area contributed by atoms with Crippen molar-refractivity contribution in [3.8, 4) is 0 Å². The highest BCUT2D eigenvalue weighted by Gasteiger charge is 2.10. The normalized spacial score (nSPS) is 16.0. The quantitative estimate of drug-likeness (QED) is 0.406. The van der Waals surface area contributed by atoms with Crippen LogP contribution in [0.4, 0.5) is 0 Å². The maximum absolute atomic E-state index is 6.13. The first-order valence-electron chi connectivity index (χ1n) is 5.36. The van der Waals surface area contributed by atoms with Crippen LogP contribution in [0.25, 0.3) is 0 Å². The van der Waals surface area contributed by atoms with Gasteiger partial charge in [-0.25, -0.2) is 0 Å². The molecule has 0 fully saturated rings. The molecule has 0 radical (unpaired) electrons. The predicted molar refractivity (Wildman–Crippen MR) is 57.9 cm³/mol. The third-order valence-electron chi connectivity index (χ3n) is 2.52. The molecule has 0 spiro atoms. The van der Waals surface area contributed by atoms with E-state index in [-0.39, 0.29) is 0 Å². The summed E-state index contributed by atoms with van der Waals surface area (Å²) in [7, 11) is 0. The summed E-state index contributed by atoms with van der Waals surface area (Å²) in [6.45, 7) is 6.69. The van der Waals surface area contributed by atoms with E-state index in [1.54, 1.807) is 0 Å². The molecule has 0 saturated carbocycles. The molecule has 0 nitrogen and oxygen atoms in total. The largest absolute Gasteiger partial charge is 0.123 e. The molecule has 0 aliphatic heterocycles. The van der Waals surface area contributed by atoms with E-state index < -0.39 is 0 Å². The van der Waals surface area contributed by atoms with E-state index in [1.807, 2.05) is 0 Å². The average Bonchev–Trinajstić information content (AvgIpc) is 2.10. The molecule has 0 rings (SSSR count). The molecule has 0 aliphatic rings. The molecular weight excluding hydrogens is 168 g/mol. The van der Waals surface area contributed by atoms with E-state index in [2.05, 4.69) is 20.8 Å². The summed E-state index contributed by atoms with van der Waals surface area (Å²) >= 11 is 6.13. The number of rotatable bonds is 7. The van der Waals surface area contributed by atoms with Crippen molar-refractivity contribution in [1.29, 1.82) is 0 Å². The lowest BCUT2D eigenvalue weighted by Crippen LogP contribution is -2.09. The summed E-state index contributed by atoms with van der Waals surface area (Å²) < 4.78 is 0. The lowest BCUT2D eigenvalue weighted by Gasteiger charge is -2.15. The van der Waals surface area contributed by atoms with Gasteiger partial charge in [-0.05, 0) is 18.8 Å². The van der Waals surface area contributed by atoms with Gasteiger partial charge in [0.05, 0.1) is 0 Å². The molecule has 0 amide bonds. The highest BCUT2D eigenvalue weighted by molar-refractivity contribution is 6.20. The van der Waals surface area contributed by atoms with Crippen molar-refractivity contribution in [2.24, 2.45) is 5.92 Å². The fourth-order valence-corrected chi connectivity index (χ4v) is 1.60. The Morgan fingerprint density at radius 1 is 1.08 bits per heavy atom. The first-order chi connectivity index (χ1) is 5.72. The zero-order chi connectivity index (χ0) is 9.40. The van der Waals surface area contributed by atoms with Gasteiger partial charge < -0.3 is 0 Å². The van der Waals surface area contributed by atoms with Crippen LogP contribution in [0, 0.1) is 5.92 Å². The van der Waals surface area contributed by atoms with Gasteiger partial charge in [0, 0.05) is 5.38 Å². The van der Waals surface area contributed by atoms with Gasteiger partial charge in [-0.3, -0.25) is 0 Å². The van der Waals surface area contributed by atoms with Crippen LogP contribution in [0.5, 0.6) is 0 Å². The van der Waals surface area contributed by atoms with Gasteiger partial charge in [0.1, 0.15) is 0 Å². The highest BCUT2D eigenvalue weighted by atomic mass is 35.5. The van der Waals surface area contributed by atoms with E-state index in [9.17, 15) is 0 Å². The summed E-state index contributed by atoms with van der Waals surface area (Å²) in [5, 5.41) is 0.395. The monoisotopic (exact) mass is 190 g/mol. The minimum absolute atomic E-state index is 0.395. The van der Waals surface area contributed by atoms with Crippen LogP contribution < -0.4 is 0 Å². The van der Waals surface area contributed by atoms with Crippen LogP contribution in [0.3, 0.4) is 0 Å². The van der Waals surface area contributed by atoms with Gasteiger partial charge in [-0.1, -0.05) is 46.5 Å². The Hall–Kier alpha value is 0.290. The second-order valence-corrected chi connectivity index (χ2v) is 4.31. The first kappa shape index (κ1) is 12.3. The Morgan fingerprint density at radius 3 is 2.25 bits per heavy atom. The standard InChI is InChI=1S/C11H23Cl/c1-4-6-7-8-9-10(3)11(12)5-2/h10-11H,4-9H2,1-3H3. The second-order valence-electron chi connectivity index (χ2n) is 3.75. The Bertz CT molecular complexity index is 91.0. The molecule has 0 aliphatic carbocycles. The molecule has 0 heterocycles. The lowest BCUT2D eigenvalue weighted by atomic mass is 9.98. The molecule has 12 heavy (non-hydrogen) atoms. The van der Waals surface area contributed by atoms with Crippen LogP contribution in [-0.2, 0) is 0 Å². The van der Waals surface area contributed by atoms with Crippen LogP contribution in [0.2, 0.25) is 0 Å². The van der Waals surface area contributed by atoms with Crippen LogP contribution in [0.1, 0.15) is 59.3 Å². The third-order valence-corrected chi connectivity index (χ3v) is 3.26. The van der Waals surface area contributed by atoms with Crippen molar-refractivity contribution in [1.82, 2.24) is 0 Å². The molecule has 0 aromatic rings. The molecule has 0 bridgehead atoms. The van der Waals surface area contributed by atoms with Gasteiger partial charge in [-0.2, -0.15) is 0 Å². The van der Waals surface area contributed by atoms with Gasteiger partial charge in [0.2, 0.25) is 0 Å². The SMILES string of the molecule is CCCCCCC(C)C(Cl)CC. The molecule has 0 aromatic heterocycles. The van der Waals surface area contributed by atoms with E-state index in [1.165, 1.54) is 32.1 Å². The van der Waals surface area contributed by atoms with Gasteiger partial charge in [0.25, 0.3) is 0 Å². The fourth-order valence-electron chi connectivity index (χ4n) is 1.48. The van der Waals surface area contributed by atoms with Crippen molar-refractivity contribution >= 4 is 11.6 Å². The van der Waals surface area contributed by atoms with Crippen LogP contribution in [0.15, 0.2) is 0 Å². The van der Waals surface area contributed by atoms with Crippen molar-refractivity contribution in [2.45, 2.75) is 64.7 Å². The molecule has 2 atom stereocenters. The Kier molecular flexibility index (Phi) is 8.11. The summed E-state index contributed by atoms with van der Waals surface area (Å²) in [4.78, 5) is 0. The van der Waals surface area contributed by atoms with E-state index in [0.717, 1.165) is 6.42 Å². The average molecular weight is 191 g/mol. The summed E-state index contributed by atoms with van der Waals surface area (Å²) in [5.74, 6) is 0.702. The summed E-state index contributed by atoms with van der Waals surface area (Å²) in [6.07, 6.45) is 7.86. The highest BCUT2D eigenvalue weighted by Crippen LogP contribution is 2.20. The first-order valence-corrected chi connectivity index (χ1v) is 5.80. The zero-order valence-electron chi connectivity index (χ0n) is 8.78. The van der Waals surface area contributed by atoms with Crippen molar-refractivity contribution in [2.75, 3.05) is 0 Å². The van der Waals surface area contributed by atoms with Gasteiger partial charge >= 0.3 is 0 Å². The predicted octanol–water partition coefficient (Wildman–Crippen LogP) is 4.61. The molecule has 74 valence electrons. The van der Waals surface area contributed by atoms with Gasteiger partial charge in [-0.15, -0.1) is 11.6 Å². The Labute approximate surface area is 82.7 Å². The van der Waals surface area contributed by atoms with Crippen molar-refractivity contribution in [3.63, 3.8) is 0 Å². The molecule has 2 unspecified atom stereocenters. The smallest absolute Gasteiger partial charge is 0.0359 e. The van der Waals surface area contributed by atoms with Crippen LogP contribution >= 0.6 is 11.6 Å². The topological polar surface area (TPSA) is 0 Å². The number of alkyl halides is 1. The van der Waals surface area contributed by atoms with E-state index in [0.29, 0.717) is 11.3 Å². The molecule has 0 saturated heterocycles. The lowest BCUT2D eigenvalue weighted by molar-refractivity contribution is 0.461. The van der Waals surface area contributed by atoms with E-state index in [4.69, 9.17) is 11.6 Å². The maximum Gasteiger partial charge on any atom is 0.0359 e. The molecular formula is C11H23Cl. The van der Waals surface area contributed by atoms with Crippen molar-refractivity contribution < 1.29 is 0 Å². The summed E-state index contributed by atoms with van der Waals surface area (Å²) in [6, 6.07) is 0. The Balaban J connectivity index is 3.24. The number of hydrogen-bond donors (Lipinski definition) is 0. The maximum atomic E-state index is 6.13. The second kappa shape index (κ2) is 7.91. The summed E-state index contributed by atoms with van der Waals surface area (Å²) in [5.41, 5.74) is 0. The van der Waals surface area contributed by atoms with E-state index >= 15 is 0 Å². The minimum atomic E-state index is 0.395. The minimum Gasteiger partial charge on any atom is -0.123 e.